The number of benzene rings is 1. The third-order valence-corrected chi connectivity index (χ3v) is 5.98. The topological polar surface area (TPSA) is 37.8 Å². The van der Waals surface area contributed by atoms with E-state index in [9.17, 15) is 4.39 Å². The molecular formula is C20H26FN3O2S. The van der Waals surface area contributed by atoms with Gasteiger partial charge in [0.1, 0.15) is 23.2 Å². The second-order valence-corrected chi connectivity index (χ2v) is 8.13. The average Bonchev–Trinajstić information content (AvgIpc) is 3.35. The molecule has 7 heteroatoms. The van der Waals surface area contributed by atoms with E-state index in [-0.39, 0.29) is 5.82 Å². The van der Waals surface area contributed by atoms with Gasteiger partial charge in [-0.1, -0.05) is 0 Å². The molecule has 0 radical (unpaired) electrons. The van der Waals surface area contributed by atoms with Crippen molar-refractivity contribution in [2.45, 2.75) is 32.1 Å². The average molecular weight is 392 g/mol. The summed E-state index contributed by atoms with van der Waals surface area (Å²) in [6.45, 7) is 7.68. The van der Waals surface area contributed by atoms with Crippen LogP contribution >= 0.6 is 11.3 Å². The van der Waals surface area contributed by atoms with E-state index in [0.29, 0.717) is 18.5 Å². The normalized spacial score (nSPS) is 21.6. The predicted octanol–water partition coefficient (Wildman–Crippen LogP) is 3.16. The lowest BCUT2D eigenvalue weighted by Crippen LogP contribution is -2.48. The Kier molecular flexibility index (Phi) is 6.34. The van der Waals surface area contributed by atoms with Gasteiger partial charge in [-0.3, -0.25) is 9.80 Å². The molecule has 0 amide bonds. The number of thiazole rings is 1. The van der Waals surface area contributed by atoms with Gasteiger partial charge in [-0.05, 0) is 37.1 Å². The molecule has 0 N–H and O–H groups in total. The Morgan fingerprint density at radius 2 is 1.93 bits per heavy atom. The first kappa shape index (κ1) is 18.8. The fourth-order valence-electron chi connectivity index (χ4n) is 3.60. The Bertz CT molecular complexity index is 710. The van der Waals surface area contributed by atoms with Crippen molar-refractivity contribution in [2.75, 3.05) is 39.3 Å². The molecule has 3 heterocycles. The third kappa shape index (κ3) is 5.48. The molecule has 1 atom stereocenters. The van der Waals surface area contributed by atoms with Crippen molar-refractivity contribution in [1.82, 2.24) is 14.8 Å². The molecule has 2 fully saturated rings. The summed E-state index contributed by atoms with van der Waals surface area (Å²) in [7, 11) is 0. The summed E-state index contributed by atoms with van der Waals surface area (Å²) in [5.41, 5.74) is 1.10. The lowest BCUT2D eigenvalue weighted by atomic mass is 10.2. The minimum atomic E-state index is -0.255. The maximum atomic E-state index is 12.9. The number of ether oxygens (including phenoxy) is 2. The second kappa shape index (κ2) is 9.10. The van der Waals surface area contributed by atoms with Gasteiger partial charge in [0.15, 0.2) is 0 Å². The van der Waals surface area contributed by atoms with Crippen LogP contribution in [0.15, 0.2) is 29.6 Å². The molecule has 0 aliphatic carbocycles. The van der Waals surface area contributed by atoms with Crippen LogP contribution in [0, 0.1) is 5.82 Å². The van der Waals surface area contributed by atoms with E-state index in [1.54, 1.807) is 23.5 Å². The van der Waals surface area contributed by atoms with Crippen LogP contribution in [0.1, 0.15) is 23.5 Å². The van der Waals surface area contributed by atoms with E-state index in [0.717, 1.165) is 56.6 Å². The van der Waals surface area contributed by atoms with Crippen molar-refractivity contribution < 1.29 is 13.9 Å². The summed E-state index contributed by atoms with van der Waals surface area (Å²) in [4.78, 5) is 9.67. The predicted molar refractivity (Wildman–Crippen MR) is 104 cm³/mol. The fourth-order valence-corrected chi connectivity index (χ4v) is 4.30. The summed E-state index contributed by atoms with van der Waals surface area (Å²) in [5, 5.41) is 3.06. The number of rotatable bonds is 7. The lowest BCUT2D eigenvalue weighted by Gasteiger charge is -2.35. The van der Waals surface area contributed by atoms with Gasteiger partial charge in [0.25, 0.3) is 0 Å². The summed E-state index contributed by atoms with van der Waals surface area (Å²) in [6, 6.07) is 6.09. The van der Waals surface area contributed by atoms with Crippen molar-refractivity contribution in [3.8, 4) is 5.75 Å². The van der Waals surface area contributed by atoms with Gasteiger partial charge in [0.05, 0.1) is 11.8 Å². The van der Waals surface area contributed by atoms with Gasteiger partial charge in [-0.2, -0.15) is 0 Å². The molecule has 0 spiro atoms. The van der Waals surface area contributed by atoms with Gasteiger partial charge < -0.3 is 9.47 Å². The highest BCUT2D eigenvalue weighted by atomic mass is 32.1. The van der Waals surface area contributed by atoms with Crippen molar-refractivity contribution in [3.63, 3.8) is 0 Å². The van der Waals surface area contributed by atoms with Crippen LogP contribution in [0.3, 0.4) is 0 Å². The van der Waals surface area contributed by atoms with Crippen LogP contribution in [0.25, 0.3) is 0 Å². The van der Waals surface area contributed by atoms with Gasteiger partial charge in [0, 0.05) is 51.3 Å². The molecule has 4 rings (SSSR count). The lowest BCUT2D eigenvalue weighted by molar-refractivity contribution is 0.0487. The van der Waals surface area contributed by atoms with Gasteiger partial charge in [-0.25, -0.2) is 9.37 Å². The van der Waals surface area contributed by atoms with Crippen molar-refractivity contribution >= 4 is 11.3 Å². The Labute approximate surface area is 163 Å². The monoisotopic (exact) mass is 391 g/mol. The first-order valence-electron chi connectivity index (χ1n) is 9.62. The smallest absolute Gasteiger partial charge is 0.140 e. The summed E-state index contributed by atoms with van der Waals surface area (Å²) < 4.78 is 24.3. The van der Waals surface area contributed by atoms with Crippen LogP contribution in [0.5, 0.6) is 5.75 Å². The molecule has 2 aliphatic rings. The second-order valence-electron chi connectivity index (χ2n) is 7.19. The molecule has 2 aliphatic heterocycles. The van der Waals surface area contributed by atoms with E-state index in [1.807, 2.05) is 0 Å². The molecule has 27 heavy (non-hydrogen) atoms. The van der Waals surface area contributed by atoms with E-state index < -0.39 is 0 Å². The van der Waals surface area contributed by atoms with Crippen LogP contribution < -0.4 is 4.74 Å². The fraction of sp³-hybridized carbons (Fsp3) is 0.550. The minimum Gasteiger partial charge on any atom is -0.486 e. The highest BCUT2D eigenvalue weighted by molar-refractivity contribution is 7.09. The number of piperazine rings is 1. The molecular weight excluding hydrogens is 365 g/mol. The van der Waals surface area contributed by atoms with E-state index in [1.165, 1.54) is 25.0 Å². The zero-order valence-electron chi connectivity index (χ0n) is 15.5. The first-order chi connectivity index (χ1) is 13.2. The Morgan fingerprint density at radius 3 is 2.67 bits per heavy atom. The largest absolute Gasteiger partial charge is 0.486 e. The van der Waals surface area contributed by atoms with Gasteiger partial charge in [-0.15, -0.1) is 11.3 Å². The number of aromatic nitrogens is 1. The number of hydrogen-bond acceptors (Lipinski definition) is 6. The highest BCUT2D eigenvalue weighted by Crippen LogP contribution is 2.18. The standard InChI is InChI=1S/C20H26FN3O2S/c21-16-3-5-18(6-4-16)26-14-20-22-17(15-27-20)12-23-7-9-24(10-8-23)13-19-2-1-11-25-19/h3-6,15,19H,1-2,7-14H2. The highest BCUT2D eigenvalue weighted by Gasteiger charge is 2.23. The molecule has 1 aromatic carbocycles. The van der Waals surface area contributed by atoms with Crippen molar-refractivity contribution in [2.24, 2.45) is 0 Å². The molecule has 1 aromatic heterocycles. The zero-order valence-corrected chi connectivity index (χ0v) is 16.3. The molecule has 5 nitrogen and oxygen atoms in total. The Hall–Kier alpha value is -1.54. The third-order valence-electron chi connectivity index (χ3n) is 5.11. The molecule has 1 unspecified atom stereocenters. The number of halogens is 1. The molecule has 0 saturated carbocycles. The van der Waals surface area contributed by atoms with Crippen molar-refractivity contribution in [1.29, 1.82) is 0 Å². The molecule has 0 bridgehead atoms. The quantitative estimate of drug-likeness (QED) is 0.725. The van der Waals surface area contributed by atoms with Gasteiger partial charge >= 0.3 is 0 Å². The summed E-state index contributed by atoms with van der Waals surface area (Å²) >= 11 is 1.62. The Morgan fingerprint density at radius 1 is 1.15 bits per heavy atom. The van der Waals surface area contributed by atoms with E-state index in [2.05, 4.69) is 20.2 Å². The molecule has 2 saturated heterocycles. The van der Waals surface area contributed by atoms with Crippen molar-refractivity contribution in [3.05, 3.63) is 46.2 Å². The van der Waals surface area contributed by atoms with E-state index in [4.69, 9.17) is 9.47 Å². The first-order valence-corrected chi connectivity index (χ1v) is 10.5. The van der Waals surface area contributed by atoms with Crippen LogP contribution in [0.4, 0.5) is 4.39 Å². The number of hydrogen-bond donors (Lipinski definition) is 0. The number of nitrogens with zero attached hydrogens (tertiary/aromatic N) is 3. The van der Waals surface area contributed by atoms with Crippen LogP contribution in [0.2, 0.25) is 0 Å². The zero-order chi connectivity index (χ0) is 18.5. The SMILES string of the molecule is Fc1ccc(OCc2nc(CN3CCN(CC4CCCO4)CC3)cs2)cc1. The minimum absolute atomic E-state index is 0.255. The van der Waals surface area contributed by atoms with Crippen LogP contribution in [-0.4, -0.2) is 60.2 Å². The van der Waals surface area contributed by atoms with Gasteiger partial charge in [0.2, 0.25) is 0 Å². The molecule has 2 aromatic rings. The molecule has 146 valence electrons. The summed E-state index contributed by atoms with van der Waals surface area (Å²) in [6.07, 6.45) is 2.86. The van der Waals surface area contributed by atoms with Crippen LogP contribution in [-0.2, 0) is 17.9 Å². The maximum Gasteiger partial charge on any atom is 0.140 e. The maximum absolute atomic E-state index is 12.9. The summed E-state index contributed by atoms with van der Waals surface area (Å²) in [5.74, 6) is 0.408. The van der Waals surface area contributed by atoms with E-state index >= 15 is 0 Å². The Balaban J connectivity index is 1.19.